The van der Waals surface area contributed by atoms with Gasteiger partial charge in [-0.15, -0.1) is 0 Å². The van der Waals surface area contributed by atoms with Gasteiger partial charge in [-0.1, -0.05) is 0 Å². The fourth-order valence-corrected chi connectivity index (χ4v) is 4.01. The lowest BCUT2D eigenvalue weighted by Crippen LogP contribution is -2.45. The molecule has 0 atom stereocenters. The molecule has 3 aromatic heterocycles. The van der Waals surface area contributed by atoms with E-state index in [4.69, 9.17) is 4.74 Å². The highest BCUT2D eigenvalue weighted by atomic mass is 19.3. The Morgan fingerprint density at radius 3 is 2.93 bits per heavy atom. The number of ether oxygens (including phenoxy) is 2. The van der Waals surface area contributed by atoms with Gasteiger partial charge in [0, 0.05) is 11.5 Å². The van der Waals surface area contributed by atoms with Crippen LogP contribution < -0.4 is 10.1 Å². The number of nitrogens with zero attached hydrogens (tertiary/aromatic N) is 5. The quantitative estimate of drug-likeness (QED) is 0.666. The van der Waals surface area contributed by atoms with Gasteiger partial charge in [0.25, 0.3) is 0 Å². The number of aromatic nitrogens is 6. The van der Waals surface area contributed by atoms with E-state index in [1.807, 2.05) is 4.68 Å². The minimum absolute atomic E-state index is 0.0997. The van der Waals surface area contributed by atoms with Gasteiger partial charge < -0.3 is 14.8 Å². The third kappa shape index (κ3) is 3.26. The van der Waals surface area contributed by atoms with E-state index in [2.05, 4.69) is 35.3 Å². The standard InChI is InChI=1S/C17H19F2N7O2/c18-16(19)28-14-5-12(24-25-14)22-13-7-20-11-6-21-26(15(11)23-13)8-17-3-1-10(2-4-17)27-9-17/h5-7,10,16H,1-4,8-9H2,(H2,22,23,24,25). The normalized spacial score (nSPS) is 24.2. The largest absolute Gasteiger partial charge is 0.417 e. The lowest BCUT2D eigenvalue weighted by atomic mass is 9.71. The summed E-state index contributed by atoms with van der Waals surface area (Å²) >= 11 is 0. The molecular weight excluding hydrogens is 372 g/mol. The summed E-state index contributed by atoms with van der Waals surface area (Å²) in [4.78, 5) is 8.96. The molecule has 6 rings (SSSR count). The number of fused-ring (bicyclic) bond motifs is 4. The van der Waals surface area contributed by atoms with Crippen molar-refractivity contribution in [2.24, 2.45) is 5.41 Å². The summed E-state index contributed by atoms with van der Waals surface area (Å²) in [6.07, 6.45) is 8.11. The van der Waals surface area contributed by atoms with E-state index >= 15 is 0 Å². The number of anilines is 2. The fourth-order valence-electron chi connectivity index (χ4n) is 4.01. The van der Waals surface area contributed by atoms with E-state index in [1.165, 1.54) is 6.07 Å². The Bertz CT molecular complexity index is 967. The zero-order valence-corrected chi connectivity index (χ0v) is 14.9. The molecule has 5 heterocycles. The van der Waals surface area contributed by atoms with Crippen LogP contribution in [0.1, 0.15) is 25.7 Å². The first-order chi connectivity index (χ1) is 13.6. The van der Waals surface area contributed by atoms with E-state index in [1.54, 1.807) is 12.4 Å². The Balaban J connectivity index is 1.37. The highest BCUT2D eigenvalue weighted by Crippen LogP contribution is 2.44. The predicted octanol–water partition coefficient (Wildman–Crippen LogP) is 2.85. The molecule has 2 aliphatic heterocycles. The Morgan fingerprint density at radius 2 is 2.18 bits per heavy atom. The molecule has 28 heavy (non-hydrogen) atoms. The van der Waals surface area contributed by atoms with E-state index in [9.17, 15) is 8.78 Å². The SMILES string of the molecule is FC(F)Oc1cc(Nc2cnc3cnn(CC45CCC(CC4)OC5)c3n2)n[nH]1. The molecule has 11 heteroatoms. The van der Waals surface area contributed by atoms with Crippen molar-refractivity contribution in [2.45, 2.75) is 44.9 Å². The zero-order valence-electron chi connectivity index (χ0n) is 14.9. The third-order valence-corrected chi connectivity index (χ3v) is 5.48. The van der Waals surface area contributed by atoms with Gasteiger partial charge in [-0.2, -0.15) is 19.0 Å². The maximum Gasteiger partial charge on any atom is 0.388 e. The lowest BCUT2D eigenvalue weighted by molar-refractivity contribution is -0.121. The molecule has 0 amide bonds. The molecule has 3 aromatic rings. The van der Waals surface area contributed by atoms with Crippen molar-refractivity contribution >= 4 is 22.8 Å². The summed E-state index contributed by atoms with van der Waals surface area (Å²) in [7, 11) is 0. The van der Waals surface area contributed by atoms with Gasteiger partial charge in [-0.3, -0.25) is 0 Å². The number of hydrogen-bond acceptors (Lipinski definition) is 7. The van der Waals surface area contributed by atoms with Crippen molar-refractivity contribution in [3.63, 3.8) is 0 Å². The van der Waals surface area contributed by atoms with Crippen LogP contribution in [0.2, 0.25) is 0 Å². The van der Waals surface area contributed by atoms with E-state index in [-0.39, 0.29) is 11.3 Å². The fraction of sp³-hybridized carbons (Fsp3) is 0.529. The Kier molecular flexibility index (Phi) is 4.11. The van der Waals surface area contributed by atoms with Gasteiger partial charge in [-0.25, -0.2) is 19.7 Å². The summed E-state index contributed by atoms with van der Waals surface area (Å²) in [5, 5.41) is 13.7. The number of hydrogen-bond donors (Lipinski definition) is 2. The minimum Gasteiger partial charge on any atom is -0.417 e. The molecule has 0 spiro atoms. The van der Waals surface area contributed by atoms with Crippen LogP contribution in [0.4, 0.5) is 20.4 Å². The number of rotatable bonds is 6. The molecule has 0 unspecified atom stereocenters. The Labute approximate surface area is 158 Å². The average molecular weight is 391 g/mol. The van der Waals surface area contributed by atoms with Gasteiger partial charge in [0.05, 0.1) is 31.6 Å². The van der Waals surface area contributed by atoms with Crippen LogP contribution >= 0.6 is 0 Å². The number of alkyl halides is 2. The van der Waals surface area contributed by atoms with Crippen molar-refractivity contribution in [3.8, 4) is 5.88 Å². The van der Waals surface area contributed by atoms with Crippen LogP contribution in [0.15, 0.2) is 18.5 Å². The third-order valence-electron chi connectivity index (χ3n) is 5.48. The maximum atomic E-state index is 12.3. The zero-order chi connectivity index (χ0) is 19.1. The van der Waals surface area contributed by atoms with Gasteiger partial charge in [0.1, 0.15) is 5.52 Å². The summed E-state index contributed by atoms with van der Waals surface area (Å²) in [6, 6.07) is 1.33. The maximum absolute atomic E-state index is 12.3. The van der Waals surface area contributed by atoms with E-state index in [0.717, 1.165) is 38.8 Å². The lowest BCUT2D eigenvalue weighted by Gasteiger charge is -2.46. The minimum atomic E-state index is -2.92. The summed E-state index contributed by atoms with van der Waals surface area (Å²) < 4.78 is 36.6. The molecule has 0 aromatic carbocycles. The number of H-pyrrole nitrogens is 1. The molecule has 148 valence electrons. The van der Waals surface area contributed by atoms with E-state index < -0.39 is 6.61 Å². The van der Waals surface area contributed by atoms with Crippen LogP contribution in [0.3, 0.4) is 0 Å². The first kappa shape index (κ1) is 17.3. The molecule has 2 bridgehead atoms. The number of aromatic amines is 1. The Morgan fingerprint density at radius 1 is 1.32 bits per heavy atom. The van der Waals surface area contributed by atoms with Gasteiger partial charge in [0.15, 0.2) is 17.3 Å². The predicted molar refractivity (Wildman–Crippen MR) is 94.5 cm³/mol. The second kappa shape index (κ2) is 6.66. The number of halogens is 2. The van der Waals surface area contributed by atoms with Gasteiger partial charge in [0.2, 0.25) is 5.88 Å². The van der Waals surface area contributed by atoms with Crippen molar-refractivity contribution in [1.82, 2.24) is 29.9 Å². The molecule has 3 fully saturated rings. The summed E-state index contributed by atoms with van der Waals surface area (Å²) in [6.45, 7) is -1.43. The monoisotopic (exact) mass is 391 g/mol. The smallest absolute Gasteiger partial charge is 0.388 e. The van der Waals surface area contributed by atoms with Gasteiger partial charge >= 0.3 is 6.61 Å². The molecule has 1 aliphatic carbocycles. The van der Waals surface area contributed by atoms with Crippen molar-refractivity contribution < 1.29 is 18.3 Å². The van der Waals surface area contributed by atoms with Crippen LogP contribution in [-0.2, 0) is 11.3 Å². The second-order valence-electron chi connectivity index (χ2n) is 7.40. The molecule has 0 radical (unpaired) electrons. The second-order valence-corrected chi connectivity index (χ2v) is 7.40. The Hall–Kier alpha value is -2.82. The summed E-state index contributed by atoms with van der Waals surface area (Å²) in [5.74, 6) is 0.599. The summed E-state index contributed by atoms with van der Waals surface area (Å²) in [5.41, 5.74) is 1.45. The molecule has 2 N–H and O–H groups in total. The first-order valence-corrected chi connectivity index (χ1v) is 9.16. The highest BCUT2D eigenvalue weighted by Gasteiger charge is 2.42. The van der Waals surface area contributed by atoms with Crippen LogP contribution in [0, 0.1) is 5.41 Å². The molecule has 2 saturated heterocycles. The van der Waals surface area contributed by atoms with Crippen molar-refractivity contribution in [2.75, 3.05) is 11.9 Å². The molecule has 3 aliphatic rings. The van der Waals surface area contributed by atoms with Crippen LogP contribution in [0.5, 0.6) is 5.88 Å². The number of nitrogens with one attached hydrogen (secondary N) is 2. The van der Waals surface area contributed by atoms with Crippen LogP contribution in [-0.4, -0.2) is 49.3 Å². The van der Waals surface area contributed by atoms with Crippen molar-refractivity contribution in [1.29, 1.82) is 0 Å². The first-order valence-electron chi connectivity index (χ1n) is 9.16. The highest BCUT2D eigenvalue weighted by molar-refractivity contribution is 5.72. The van der Waals surface area contributed by atoms with Crippen molar-refractivity contribution in [3.05, 3.63) is 18.5 Å². The molecule has 1 saturated carbocycles. The molecule has 9 nitrogen and oxygen atoms in total. The van der Waals surface area contributed by atoms with Crippen LogP contribution in [0.25, 0.3) is 11.2 Å². The van der Waals surface area contributed by atoms with E-state index in [0.29, 0.717) is 28.9 Å². The topological polar surface area (TPSA) is 103 Å². The average Bonchev–Trinajstić information content (AvgIpc) is 3.29. The van der Waals surface area contributed by atoms with Gasteiger partial charge in [-0.05, 0) is 25.7 Å². The molecular formula is C17H19F2N7O2.